The highest BCUT2D eigenvalue weighted by molar-refractivity contribution is 6.31. The predicted molar refractivity (Wildman–Crippen MR) is 98.3 cm³/mol. The van der Waals surface area contributed by atoms with E-state index in [2.05, 4.69) is 5.32 Å². The number of anilines is 1. The first-order valence-electron chi connectivity index (χ1n) is 8.68. The van der Waals surface area contributed by atoms with Crippen molar-refractivity contribution >= 4 is 23.2 Å². The molecule has 1 aromatic heterocycles. The normalized spacial score (nSPS) is 23.0. The van der Waals surface area contributed by atoms with Gasteiger partial charge < -0.3 is 9.73 Å². The third kappa shape index (κ3) is 2.48. The van der Waals surface area contributed by atoms with E-state index in [1.54, 1.807) is 36.4 Å². The van der Waals surface area contributed by atoms with Gasteiger partial charge in [-0.05, 0) is 54.4 Å². The second kappa shape index (κ2) is 5.64. The van der Waals surface area contributed by atoms with Crippen molar-refractivity contribution in [2.24, 2.45) is 0 Å². The van der Waals surface area contributed by atoms with Crippen molar-refractivity contribution in [2.45, 2.75) is 23.9 Å². The summed E-state index contributed by atoms with van der Waals surface area (Å²) in [6.45, 7) is 0. The lowest BCUT2D eigenvalue weighted by Crippen LogP contribution is -2.20. The Bertz CT molecular complexity index is 1120. The number of carbonyl (C=O) groups is 1. The average molecular weight is 404 g/mol. The third-order valence-corrected chi connectivity index (χ3v) is 5.76. The highest BCUT2D eigenvalue weighted by Crippen LogP contribution is 2.65. The van der Waals surface area contributed by atoms with Crippen LogP contribution in [0.5, 0.6) is 0 Å². The summed E-state index contributed by atoms with van der Waals surface area (Å²) in [6, 6.07) is 13.6. The molecule has 28 heavy (non-hydrogen) atoms. The van der Waals surface area contributed by atoms with Gasteiger partial charge in [0.2, 0.25) is 5.91 Å². The van der Waals surface area contributed by atoms with Crippen LogP contribution in [0.4, 0.5) is 18.9 Å². The Balaban J connectivity index is 1.48. The summed E-state index contributed by atoms with van der Waals surface area (Å²) >= 11 is 6.10. The Morgan fingerprint density at radius 3 is 2.71 bits per heavy atom. The van der Waals surface area contributed by atoms with Crippen LogP contribution in [0.3, 0.4) is 0 Å². The summed E-state index contributed by atoms with van der Waals surface area (Å²) in [4.78, 5) is 12.6. The van der Waals surface area contributed by atoms with Crippen LogP contribution < -0.4 is 5.32 Å². The Hall–Kier alpha value is -2.73. The molecule has 0 saturated heterocycles. The average Bonchev–Trinajstić information content (AvgIpc) is 3.11. The molecular formula is C21H13ClF3NO2. The smallest absolute Gasteiger partial charge is 0.416 e. The SMILES string of the molecule is O=C1Nc2ccc(Cl)cc2[C@@]12C[C@@H]2c1ccc(-c2cccc(C(F)(F)F)c2)o1. The van der Waals surface area contributed by atoms with E-state index in [1.807, 2.05) is 0 Å². The summed E-state index contributed by atoms with van der Waals surface area (Å²) in [5.41, 5.74) is 0.469. The minimum absolute atomic E-state index is 0.105. The summed E-state index contributed by atoms with van der Waals surface area (Å²) in [7, 11) is 0. The molecule has 0 radical (unpaired) electrons. The second-order valence-corrected chi connectivity index (χ2v) is 7.59. The lowest BCUT2D eigenvalue weighted by Gasteiger charge is -2.08. The van der Waals surface area contributed by atoms with Gasteiger partial charge in [0.25, 0.3) is 0 Å². The molecule has 2 aliphatic rings. The molecule has 1 aliphatic carbocycles. The van der Waals surface area contributed by atoms with Crippen LogP contribution in [0.2, 0.25) is 5.02 Å². The lowest BCUT2D eigenvalue weighted by molar-refractivity contribution is -0.137. The van der Waals surface area contributed by atoms with Crippen molar-refractivity contribution in [2.75, 3.05) is 5.32 Å². The third-order valence-electron chi connectivity index (χ3n) is 5.52. The quantitative estimate of drug-likeness (QED) is 0.570. The van der Waals surface area contributed by atoms with Crippen LogP contribution in [0.25, 0.3) is 11.3 Å². The lowest BCUT2D eigenvalue weighted by atomic mass is 9.94. The Labute approximate surface area is 163 Å². The summed E-state index contributed by atoms with van der Waals surface area (Å²) < 4.78 is 44.7. The first kappa shape index (κ1) is 17.4. The molecule has 7 heteroatoms. The van der Waals surface area contributed by atoms with Crippen LogP contribution in [-0.4, -0.2) is 5.91 Å². The van der Waals surface area contributed by atoms with E-state index < -0.39 is 17.2 Å². The fourth-order valence-corrected chi connectivity index (χ4v) is 4.22. The molecule has 1 aliphatic heterocycles. The van der Waals surface area contributed by atoms with E-state index in [-0.39, 0.29) is 11.8 Å². The number of amides is 1. The number of rotatable bonds is 2. The number of carbonyl (C=O) groups excluding carboxylic acids is 1. The zero-order valence-corrected chi connectivity index (χ0v) is 15.1. The molecule has 2 heterocycles. The van der Waals surface area contributed by atoms with Crippen molar-refractivity contribution in [1.29, 1.82) is 0 Å². The number of furan rings is 1. The van der Waals surface area contributed by atoms with E-state index >= 15 is 0 Å². The van der Waals surface area contributed by atoms with Gasteiger partial charge in [-0.25, -0.2) is 0 Å². The van der Waals surface area contributed by atoms with E-state index in [1.165, 1.54) is 6.07 Å². The molecule has 0 bridgehead atoms. The molecule has 1 saturated carbocycles. The highest BCUT2D eigenvalue weighted by Gasteiger charge is 2.66. The van der Waals surface area contributed by atoms with Crippen LogP contribution in [-0.2, 0) is 16.4 Å². The maximum atomic E-state index is 13.0. The molecule has 1 N–H and O–H groups in total. The maximum Gasteiger partial charge on any atom is 0.416 e. The number of halogens is 4. The molecule has 1 amide bonds. The molecule has 3 nitrogen and oxygen atoms in total. The topological polar surface area (TPSA) is 42.2 Å². The highest BCUT2D eigenvalue weighted by atomic mass is 35.5. The fraction of sp³-hybridized carbons (Fsp3) is 0.190. The zero-order chi connectivity index (χ0) is 19.7. The summed E-state index contributed by atoms with van der Waals surface area (Å²) in [6.07, 6.45) is -3.85. The van der Waals surface area contributed by atoms with Gasteiger partial charge in [0, 0.05) is 22.2 Å². The molecule has 2 atom stereocenters. The van der Waals surface area contributed by atoms with Gasteiger partial charge in [-0.15, -0.1) is 0 Å². The fourth-order valence-electron chi connectivity index (χ4n) is 4.05. The van der Waals surface area contributed by atoms with E-state index in [4.69, 9.17) is 16.0 Å². The second-order valence-electron chi connectivity index (χ2n) is 7.15. The van der Waals surface area contributed by atoms with Gasteiger partial charge >= 0.3 is 6.18 Å². The van der Waals surface area contributed by atoms with Gasteiger partial charge in [-0.3, -0.25) is 4.79 Å². The van der Waals surface area contributed by atoms with Crippen molar-refractivity contribution in [3.63, 3.8) is 0 Å². The predicted octanol–water partition coefficient (Wildman–Crippen LogP) is 6.00. The number of nitrogens with one attached hydrogen (secondary N) is 1. The summed E-state index contributed by atoms with van der Waals surface area (Å²) in [5, 5.41) is 3.42. The van der Waals surface area contributed by atoms with E-state index in [0.29, 0.717) is 28.5 Å². The van der Waals surface area contributed by atoms with Crippen LogP contribution in [0.15, 0.2) is 59.0 Å². The monoisotopic (exact) mass is 403 g/mol. The van der Waals surface area contributed by atoms with E-state index in [0.717, 1.165) is 23.4 Å². The van der Waals surface area contributed by atoms with Gasteiger partial charge in [-0.1, -0.05) is 23.7 Å². The van der Waals surface area contributed by atoms with Gasteiger partial charge in [-0.2, -0.15) is 13.2 Å². The Kier molecular flexibility index (Phi) is 3.50. The number of benzene rings is 2. The van der Waals surface area contributed by atoms with Crippen molar-refractivity contribution in [3.8, 4) is 11.3 Å². The van der Waals surface area contributed by atoms with Crippen LogP contribution in [0, 0.1) is 0 Å². The number of alkyl halides is 3. The van der Waals surface area contributed by atoms with Crippen LogP contribution >= 0.6 is 11.6 Å². The van der Waals surface area contributed by atoms with Crippen molar-refractivity contribution in [3.05, 3.63) is 76.5 Å². The van der Waals surface area contributed by atoms with Crippen molar-refractivity contribution in [1.82, 2.24) is 0 Å². The molecule has 0 unspecified atom stereocenters. The number of hydrogen-bond acceptors (Lipinski definition) is 2. The number of fused-ring (bicyclic) bond motifs is 2. The molecule has 1 fully saturated rings. The van der Waals surface area contributed by atoms with Gasteiger partial charge in [0.05, 0.1) is 11.0 Å². The van der Waals surface area contributed by atoms with Gasteiger partial charge in [0.15, 0.2) is 0 Å². The zero-order valence-electron chi connectivity index (χ0n) is 14.3. The van der Waals surface area contributed by atoms with Crippen molar-refractivity contribution < 1.29 is 22.4 Å². The first-order chi connectivity index (χ1) is 13.3. The molecule has 2 aromatic carbocycles. The van der Waals surface area contributed by atoms with Crippen LogP contribution in [0.1, 0.15) is 29.2 Å². The minimum Gasteiger partial charge on any atom is -0.461 e. The maximum absolute atomic E-state index is 13.0. The summed E-state index contributed by atoms with van der Waals surface area (Å²) in [5.74, 6) is 0.641. The Morgan fingerprint density at radius 1 is 1.11 bits per heavy atom. The molecule has 3 aromatic rings. The molecule has 5 rings (SSSR count). The number of hydrogen-bond donors (Lipinski definition) is 1. The first-order valence-corrected chi connectivity index (χ1v) is 9.06. The molecule has 1 spiro atoms. The van der Waals surface area contributed by atoms with Gasteiger partial charge in [0.1, 0.15) is 11.5 Å². The standard InChI is InChI=1S/C21H13ClF3NO2/c22-13-4-5-16-14(9-13)20(19(27)26-16)10-15(20)18-7-6-17(28-18)11-2-1-3-12(8-11)21(23,24)25/h1-9,15H,10H2,(H,26,27)/t15-,20-/m1/s1. The molecular weight excluding hydrogens is 391 g/mol. The largest absolute Gasteiger partial charge is 0.461 e. The molecule has 142 valence electrons. The minimum atomic E-state index is -4.42. The van der Waals surface area contributed by atoms with E-state index in [9.17, 15) is 18.0 Å². The Morgan fingerprint density at radius 2 is 1.93 bits per heavy atom.